The van der Waals surface area contributed by atoms with Crippen LogP contribution in [0, 0.1) is 0 Å². The lowest BCUT2D eigenvalue weighted by Crippen LogP contribution is -2.40. The quantitative estimate of drug-likeness (QED) is 0.848. The van der Waals surface area contributed by atoms with Gasteiger partial charge in [0.25, 0.3) is 0 Å². The van der Waals surface area contributed by atoms with E-state index in [4.69, 9.17) is 0 Å². The fourth-order valence-corrected chi connectivity index (χ4v) is 3.04. The zero-order valence-corrected chi connectivity index (χ0v) is 13.4. The maximum Gasteiger partial charge on any atom is 0.232 e. The predicted octanol–water partition coefficient (Wildman–Crippen LogP) is 2.60. The van der Waals surface area contributed by atoms with E-state index in [0.29, 0.717) is 6.04 Å². The molecule has 0 radical (unpaired) electrons. The SMILES string of the molecule is CC(SCc1ccccc1)C(=O)NCC1CCCN1.Cl. The molecule has 20 heavy (non-hydrogen) atoms. The molecular weight excluding hydrogens is 292 g/mol. The summed E-state index contributed by atoms with van der Waals surface area (Å²) in [6, 6.07) is 10.7. The largest absolute Gasteiger partial charge is 0.354 e. The second-order valence-electron chi connectivity index (χ2n) is 4.98. The lowest BCUT2D eigenvalue weighted by molar-refractivity contribution is -0.120. The van der Waals surface area contributed by atoms with Crippen molar-refractivity contribution in [1.82, 2.24) is 10.6 Å². The number of nitrogens with one attached hydrogen (secondary N) is 2. The molecule has 0 aliphatic carbocycles. The monoisotopic (exact) mass is 314 g/mol. The van der Waals surface area contributed by atoms with Gasteiger partial charge in [0.1, 0.15) is 0 Å². The topological polar surface area (TPSA) is 41.1 Å². The summed E-state index contributed by atoms with van der Waals surface area (Å²) < 4.78 is 0. The van der Waals surface area contributed by atoms with E-state index >= 15 is 0 Å². The molecule has 0 spiro atoms. The fraction of sp³-hybridized carbons (Fsp3) is 0.533. The van der Waals surface area contributed by atoms with E-state index in [1.54, 1.807) is 11.8 Å². The molecule has 1 saturated heterocycles. The van der Waals surface area contributed by atoms with E-state index in [2.05, 4.69) is 22.8 Å². The maximum atomic E-state index is 12.0. The van der Waals surface area contributed by atoms with Crippen molar-refractivity contribution in [2.45, 2.75) is 36.8 Å². The van der Waals surface area contributed by atoms with Gasteiger partial charge in [0.2, 0.25) is 5.91 Å². The van der Waals surface area contributed by atoms with Crippen molar-refractivity contribution in [3.8, 4) is 0 Å². The van der Waals surface area contributed by atoms with Crippen LogP contribution in [-0.2, 0) is 10.5 Å². The van der Waals surface area contributed by atoms with Crippen molar-refractivity contribution in [3.05, 3.63) is 35.9 Å². The van der Waals surface area contributed by atoms with Gasteiger partial charge in [-0.05, 0) is 31.9 Å². The number of hydrogen-bond acceptors (Lipinski definition) is 3. The van der Waals surface area contributed by atoms with Gasteiger partial charge in [0.05, 0.1) is 5.25 Å². The van der Waals surface area contributed by atoms with Crippen LogP contribution < -0.4 is 10.6 Å². The number of benzene rings is 1. The van der Waals surface area contributed by atoms with Gasteiger partial charge in [-0.15, -0.1) is 24.2 Å². The highest BCUT2D eigenvalue weighted by molar-refractivity contribution is 7.99. The van der Waals surface area contributed by atoms with Crippen LogP contribution in [0.5, 0.6) is 0 Å². The molecule has 2 unspecified atom stereocenters. The summed E-state index contributed by atoms with van der Waals surface area (Å²) in [6.45, 7) is 3.82. The van der Waals surface area contributed by atoms with Gasteiger partial charge in [0.15, 0.2) is 0 Å². The highest BCUT2D eigenvalue weighted by Gasteiger charge is 2.17. The van der Waals surface area contributed by atoms with Crippen LogP contribution in [0.2, 0.25) is 0 Å². The number of thioether (sulfide) groups is 1. The Bertz CT molecular complexity index is 396. The number of halogens is 1. The van der Waals surface area contributed by atoms with Crippen LogP contribution in [-0.4, -0.2) is 30.3 Å². The Labute approximate surface area is 131 Å². The van der Waals surface area contributed by atoms with Gasteiger partial charge >= 0.3 is 0 Å². The van der Waals surface area contributed by atoms with Crippen LogP contribution >= 0.6 is 24.2 Å². The van der Waals surface area contributed by atoms with Crippen LogP contribution in [0.1, 0.15) is 25.3 Å². The van der Waals surface area contributed by atoms with Crippen LogP contribution in [0.4, 0.5) is 0 Å². The minimum atomic E-state index is 0. The lowest BCUT2D eigenvalue weighted by Gasteiger charge is -2.15. The Kier molecular flexibility index (Phi) is 8.04. The third-order valence-corrected chi connectivity index (χ3v) is 4.61. The molecule has 3 nitrogen and oxygen atoms in total. The summed E-state index contributed by atoms with van der Waals surface area (Å²) in [4.78, 5) is 12.0. The first-order valence-electron chi connectivity index (χ1n) is 6.92. The van der Waals surface area contributed by atoms with E-state index in [1.165, 1.54) is 18.4 Å². The molecule has 0 bridgehead atoms. The molecule has 2 rings (SSSR count). The van der Waals surface area contributed by atoms with Crippen molar-refractivity contribution in [2.24, 2.45) is 0 Å². The molecule has 2 N–H and O–H groups in total. The van der Waals surface area contributed by atoms with E-state index in [-0.39, 0.29) is 23.6 Å². The van der Waals surface area contributed by atoms with Crippen molar-refractivity contribution in [2.75, 3.05) is 13.1 Å². The molecular formula is C15H23ClN2OS. The van der Waals surface area contributed by atoms with Crippen molar-refractivity contribution in [3.63, 3.8) is 0 Å². The Morgan fingerprint density at radius 1 is 1.45 bits per heavy atom. The van der Waals surface area contributed by atoms with Gasteiger partial charge in [-0.1, -0.05) is 30.3 Å². The van der Waals surface area contributed by atoms with Gasteiger partial charge in [-0.3, -0.25) is 4.79 Å². The van der Waals surface area contributed by atoms with Crippen LogP contribution in [0.15, 0.2) is 30.3 Å². The number of amides is 1. The summed E-state index contributed by atoms with van der Waals surface area (Å²) in [5.41, 5.74) is 1.27. The molecule has 0 aromatic heterocycles. The van der Waals surface area contributed by atoms with Gasteiger partial charge in [-0.2, -0.15) is 0 Å². The minimum Gasteiger partial charge on any atom is -0.354 e. The van der Waals surface area contributed by atoms with Gasteiger partial charge in [-0.25, -0.2) is 0 Å². The van der Waals surface area contributed by atoms with E-state index in [9.17, 15) is 4.79 Å². The number of carbonyl (C=O) groups is 1. The van der Waals surface area contributed by atoms with E-state index in [1.807, 2.05) is 25.1 Å². The average molecular weight is 315 g/mol. The summed E-state index contributed by atoms with van der Waals surface area (Å²) in [5, 5.41) is 6.43. The highest BCUT2D eigenvalue weighted by Crippen LogP contribution is 2.17. The molecule has 0 saturated carbocycles. The number of hydrogen-bond donors (Lipinski definition) is 2. The smallest absolute Gasteiger partial charge is 0.232 e. The van der Waals surface area contributed by atoms with Gasteiger partial charge < -0.3 is 10.6 Å². The second kappa shape index (κ2) is 9.27. The van der Waals surface area contributed by atoms with Crippen LogP contribution in [0.3, 0.4) is 0 Å². The molecule has 1 aliphatic heterocycles. The summed E-state index contributed by atoms with van der Waals surface area (Å²) in [5.74, 6) is 1.03. The van der Waals surface area contributed by atoms with Crippen molar-refractivity contribution < 1.29 is 4.79 Å². The third kappa shape index (κ3) is 5.73. The fourth-order valence-electron chi connectivity index (χ4n) is 2.17. The zero-order chi connectivity index (χ0) is 13.5. The first-order valence-corrected chi connectivity index (χ1v) is 7.97. The summed E-state index contributed by atoms with van der Waals surface area (Å²) in [6.07, 6.45) is 2.39. The molecule has 1 amide bonds. The van der Waals surface area contributed by atoms with Gasteiger partial charge in [0, 0.05) is 18.3 Å². The predicted molar refractivity (Wildman–Crippen MR) is 88.5 cm³/mol. The molecule has 1 heterocycles. The zero-order valence-electron chi connectivity index (χ0n) is 11.8. The Hall–Kier alpha value is -0.710. The molecule has 112 valence electrons. The molecule has 1 fully saturated rings. The summed E-state index contributed by atoms with van der Waals surface area (Å²) in [7, 11) is 0. The molecule has 1 aliphatic rings. The normalized spacial score (nSPS) is 19.1. The molecule has 5 heteroatoms. The lowest BCUT2D eigenvalue weighted by atomic mass is 10.2. The van der Waals surface area contributed by atoms with Crippen LogP contribution in [0.25, 0.3) is 0 Å². The Morgan fingerprint density at radius 3 is 2.85 bits per heavy atom. The van der Waals surface area contributed by atoms with E-state index < -0.39 is 0 Å². The first-order chi connectivity index (χ1) is 9.25. The third-order valence-electron chi connectivity index (χ3n) is 3.40. The molecule has 1 aromatic carbocycles. The second-order valence-corrected chi connectivity index (χ2v) is 6.31. The summed E-state index contributed by atoms with van der Waals surface area (Å²) >= 11 is 1.69. The molecule has 1 aromatic rings. The van der Waals surface area contributed by atoms with Crippen molar-refractivity contribution in [1.29, 1.82) is 0 Å². The molecule has 2 atom stereocenters. The Morgan fingerprint density at radius 2 is 2.20 bits per heavy atom. The first kappa shape index (κ1) is 17.3. The standard InChI is InChI=1S/C15H22N2OS.ClH/c1-12(19-11-13-6-3-2-4-7-13)15(18)17-10-14-8-5-9-16-14;/h2-4,6-7,12,14,16H,5,8-11H2,1H3,(H,17,18);1H. The number of rotatable bonds is 6. The highest BCUT2D eigenvalue weighted by atomic mass is 35.5. The minimum absolute atomic E-state index is 0. The maximum absolute atomic E-state index is 12.0. The number of carbonyl (C=O) groups excluding carboxylic acids is 1. The van der Waals surface area contributed by atoms with E-state index in [0.717, 1.165) is 18.8 Å². The Balaban J connectivity index is 0.00000200. The van der Waals surface area contributed by atoms with Crippen molar-refractivity contribution >= 4 is 30.1 Å². The average Bonchev–Trinajstić information content (AvgIpc) is 2.96.